The van der Waals surface area contributed by atoms with Crippen LogP contribution in [0.15, 0.2) is 192 Å². The van der Waals surface area contributed by atoms with Crippen LogP contribution >= 0.6 is 0 Å². The quantitative estimate of drug-likeness (QED) is 0.182. The van der Waals surface area contributed by atoms with E-state index < -0.39 is 0 Å². The van der Waals surface area contributed by atoms with Gasteiger partial charge >= 0.3 is 0 Å². The number of aromatic nitrogens is 3. The van der Waals surface area contributed by atoms with Crippen LogP contribution in [0.3, 0.4) is 0 Å². The number of para-hydroxylation sites is 3. The van der Waals surface area contributed by atoms with Crippen molar-refractivity contribution in [2.24, 2.45) is 0 Å². The van der Waals surface area contributed by atoms with Gasteiger partial charge < -0.3 is 4.42 Å². The van der Waals surface area contributed by atoms with Crippen LogP contribution in [0.5, 0.6) is 0 Å². The van der Waals surface area contributed by atoms with Gasteiger partial charge in [-0.25, -0.2) is 9.97 Å². The molecule has 4 nitrogen and oxygen atoms in total. The van der Waals surface area contributed by atoms with Crippen LogP contribution in [0.2, 0.25) is 0 Å². The average Bonchev–Trinajstić information content (AvgIpc) is 3.82. The summed E-state index contributed by atoms with van der Waals surface area (Å²) in [6, 6.07) is 66.6. The minimum absolute atomic E-state index is 0.629. The SMILES string of the molecule is c1ccc2c(-c3ccc(-c4nc(-n5c6c(-c7cccc8oc9ccccc9c78)cccc6c6ccc7ccccc7c65)nc5ccccc45)cc3)cccc2c1. The predicted molar refractivity (Wildman–Crippen MR) is 232 cm³/mol. The molecule has 0 aliphatic rings. The minimum atomic E-state index is 0.629. The van der Waals surface area contributed by atoms with E-state index in [-0.39, 0.29) is 0 Å². The molecule has 12 rings (SSSR count). The molecular formula is C52H31N3O. The molecule has 3 aromatic heterocycles. The largest absolute Gasteiger partial charge is 0.456 e. The Bertz CT molecular complexity index is 3530. The molecular weight excluding hydrogens is 683 g/mol. The first-order valence-corrected chi connectivity index (χ1v) is 19.0. The first-order valence-electron chi connectivity index (χ1n) is 19.0. The maximum atomic E-state index is 6.40. The molecule has 0 amide bonds. The number of fused-ring (bicyclic) bond motifs is 10. The van der Waals surface area contributed by atoms with Gasteiger partial charge in [0.05, 0.1) is 22.2 Å². The Morgan fingerprint density at radius 3 is 1.82 bits per heavy atom. The summed E-state index contributed by atoms with van der Waals surface area (Å²) in [6.07, 6.45) is 0. The Hall–Kier alpha value is -7.56. The molecule has 0 radical (unpaired) electrons. The zero-order valence-electron chi connectivity index (χ0n) is 30.1. The highest BCUT2D eigenvalue weighted by atomic mass is 16.3. The fourth-order valence-corrected chi connectivity index (χ4v) is 8.91. The molecule has 12 aromatic rings. The fraction of sp³-hybridized carbons (Fsp3) is 0. The molecule has 56 heavy (non-hydrogen) atoms. The van der Waals surface area contributed by atoms with E-state index in [9.17, 15) is 0 Å². The van der Waals surface area contributed by atoms with Crippen molar-refractivity contribution in [2.75, 3.05) is 0 Å². The van der Waals surface area contributed by atoms with Crippen LogP contribution in [0.4, 0.5) is 0 Å². The summed E-state index contributed by atoms with van der Waals surface area (Å²) in [5.74, 6) is 0.629. The van der Waals surface area contributed by atoms with Gasteiger partial charge in [-0.05, 0) is 51.0 Å². The number of benzene rings is 9. The monoisotopic (exact) mass is 713 g/mol. The lowest BCUT2D eigenvalue weighted by Gasteiger charge is -2.15. The lowest BCUT2D eigenvalue weighted by Crippen LogP contribution is -2.04. The molecule has 260 valence electrons. The number of hydrogen-bond donors (Lipinski definition) is 0. The third-order valence-electron chi connectivity index (χ3n) is 11.4. The van der Waals surface area contributed by atoms with E-state index in [4.69, 9.17) is 14.4 Å². The standard InChI is InChI=1S/C52H31N3O/c1-3-15-36-32(12-1)14-9-19-37(36)34-26-28-35(29-27-34)49-43-17-5-7-23-45(43)53-52(54-49)55-50-38-16-4-2-13-33(38)30-31-42(50)41-22-10-21-40(51(41)55)39-20-11-25-47-48(39)44-18-6-8-24-46(44)56-47/h1-31H. The number of hydrogen-bond acceptors (Lipinski definition) is 3. The summed E-state index contributed by atoms with van der Waals surface area (Å²) in [5.41, 5.74) is 11.3. The molecule has 0 fully saturated rings. The summed E-state index contributed by atoms with van der Waals surface area (Å²) in [7, 11) is 0. The van der Waals surface area contributed by atoms with Crippen molar-refractivity contribution in [3.8, 4) is 39.5 Å². The van der Waals surface area contributed by atoms with Crippen molar-refractivity contribution in [1.82, 2.24) is 14.5 Å². The van der Waals surface area contributed by atoms with Gasteiger partial charge in [0.25, 0.3) is 0 Å². The molecule has 0 unspecified atom stereocenters. The van der Waals surface area contributed by atoms with E-state index in [1.54, 1.807) is 0 Å². The maximum absolute atomic E-state index is 6.40. The molecule has 0 aliphatic heterocycles. The molecule has 0 N–H and O–H groups in total. The second kappa shape index (κ2) is 12.0. The average molecular weight is 714 g/mol. The molecule has 0 saturated carbocycles. The summed E-state index contributed by atoms with van der Waals surface area (Å²) in [6.45, 7) is 0. The molecule has 0 bridgehead atoms. The Labute approximate surface area is 321 Å². The van der Waals surface area contributed by atoms with Gasteiger partial charge in [-0.3, -0.25) is 4.57 Å². The van der Waals surface area contributed by atoms with Crippen LogP contribution in [0.25, 0.3) is 116 Å². The number of furan rings is 1. The Balaban J connectivity index is 1.16. The van der Waals surface area contributed by atoms with Crippen molar-refractivity contribution in [1.29, 1.82) is 0 Å². The maximum Gasteiger partial charge on any atom is 0.235 e. The van der Waals surface area contributed by atoms with E-state index in [1.165, 1.54) is 27.3 Å². The second-order valence-electron chi connectivity index (χ2n) is 14.5. The predicted octanol–water partition coefficient (Wildman–Crippen LogP) is 13.9. The zero-order valence-corrected chi connectivity index (χ0v) is 30.1. The summed E-state index contributed by atoms with van der Waals surface area (Å²) in [5, 5.41) is 10.3. The highest BCUT2D eigenvalue weighted by Gasteiger charge is 2.23. The lowest BCUT2D eigenvalue weighted by atomic mass is 9.96. The van der Waals surface area contributed by atoms with Gasteiger partial charge in [-0.2, -0.15) is 0 Å². The lowest BCUT2D eigenvalue weighted by molar-refractivity contribution is 0.669. The normalized spacial score (nSPS) is 11.9. The van der Waals surface area contributed by atoms with E-state index >= 15 is 0 Å². The highest BCUT2D eigenvalue weighted by molar-refractivity contribution is 6.23. The zero-order chi connectivity index (χ0) is 36.7. The van der Waals surface area contributed by atoms with Crippen LogP contribution < -0.4 is 0 Å². The van der Waals surface area contributed by atoms with Crippen molar-refractivity contribution in [2.45, 2.75) is 0 Å². The van der Waals surface area contributed by atoms with Crippen molar-refractivity contribution in [3.63, 3.8) is 0 Å². The van der Waals surface area contributed by atoms with Gasteiger partial charge in [0.15, 0.2) is 0 Å². The topological polar surface area (TPSA) is 43.9 Å². The van der Waals surface area contributed by atoms with Crippen LogP contribution in [0.1, 0.15) is 0 Å². The number of nitrogens with zero attached hydrogens (tertiary/aromatic N) is 3. The molecule has 0 aliphatic carbocycles. The van der Waals surface area contributed by atoms with Crippen LogP contribution in [-0.4, -0.2) is 14.5 Å². The molecule has 3 heterocycles. The van der Waals surface area contributed by atoms with Crippen molar-refractivity contribution >= 4 is 76.2 Å². The van der Waals surface area contributed by atoms with Gasteiger partial charge in [0, 0.05) is 43.4 Å². The second-order valence-corrected chi connectivity index (χ2v) is 14.5. The van der Waals surface area contributed by atoms with Gasteiger partial charge in [-0.1, -0.05) is 170 Å². The van der Waals surface area contributed by atoms with Crippen LogP contribution in [0, 0.1) is 0 Å². The first kappa shape index (κ1) is 30.9. The fourth-order valence-electron chi connectivity index (χ4n) is 8.91. The highest BCUT2D eigenvalue weighted by Crippen LogP contribution is 2.44. The summed E-state index contributed by atoms with van der Waals surface area (Å²) >= 11 is 0. The van der Waals surface area contributed by atoms with E-state index in [0.29, 0.717) is 5.95 Å². The van der Waals surface area contributed by atoms with E-state index in [2.05, 4.69) is 180 Å². The van der Waals surface area contributed by atoms with E-state index in [1.807, 2.05) is 12.1 Å². The summed E-state index contributed by atoms with van der Waals surface area (Å²) in [4.78, 5) is 10.9. The Morgan fingerprint density at radius 2 is 0.946 bits per heavy atom. The minimum Gasteiger partial charge on any atom is -0.456 e. The van der Waals surface area contributed by atoms with Crippen molar-refractivity contribution < 1.29 is 4.42 Å². The number of rotatable bonds is 4. The molecule has 0 spiro atoms. The smallest absolute Gasteiger partial charge is 0.235 e. The van der Waals surface area contributed by atoms with Crippen LogP contribution in [-0.2, 0) is 0 Å². The van der Waals surface area contributed by atoms with Gasteiger partial charge in [0.2, 0.25) is 5.95 Å². The first-order chi connectivity index (χ1) is 27.8. The third kappa shape index (κ3) is 4.53. The third-order valence-corrected chi connectivity index (χ3v) is 11.4. The van der Waals surface area contributed by atoms with Gasteiger partial charge in [0.1, 0.15) is 11.2 Å². The molecule has 0 saturated heterocycles. The summed E-state index contributed by atoms with van der Waals surface area (Å²) < 4.78 is 8.71. The van der Waals surface area contributed by atoms with Gasteiger partial charge in [-0.15, -0.1) is 0 Å². The molecule has 9 aromatic carbocycles. The van der Waals surface area contributed by atoms with E-state index in [0.717, 1.165) is 82.4 Å². The Kier molecular flexibility index (Phi) is 6.60. The Morgan fingerprint density at radius 1 is 0.357 bits per heavy atom. The van der Waals surface area contributed by atoms with Crippen molar-refractivity contribution in [3.05, 3.63) is 188 Å². The molecule has 0 atom stereocenters. The molecule has 4 heteroatoms.